The summed E-state index contributed by atoms with van der Waals surface area (Å²) in [4.78, 5) is 16.3. The Bertz CT molecular complexity index is 738. The van der Waals surface area contributed by atoms with Gasteiger partial charge >= 0.3 is 0 Å². The predicted molar refractivity (Wildman–Crippen MR) is 92.8 cm³/mol. The normalized spacial score (nSPS) is 10.8. The Morgan fingerprint density at radius 2 is 2.00 bits per heavy atom. The van der Waals surface area contributed by atoms with E-state index in [0.29, 0.717) is 24.0 Å². The van der Waals surface area contributed by atoms with E-state index in [2.05, 4.69) is 15.5 Å². The fourth-order valence-corrected chi connectivity index (χ4v) is 4.17. The molecule has 0 aliphatic carbocycles. The second kappa shape index (κ2) is 7.71. The number of tetrazole rings is 1. The van der Waals surface area contributed by atoms with Crippen molar-refractivity contribution in [1.29, 1.82) is 0 Å². The van der Waals surface area contributed by atoms with E-state index in [9.17, 15) is 4.79 Å². The van der Waals surface area contributed by atoms with Crippen molar-refractivity contribution in [2.24, 2.45) is 0 Å². The summed E-state index contributed by atoms with van der Waals surface area (Å²) in [5.41, 5.74) is 0. The number of amides is 1. The summed E-state index contributed by atoms with van der Waals surface area (Å²) in [6.07, 6.45) is 0. The fraction of sp³-hybridized carbons (Fsp3) is 0.286. The molecule has 0 N–H and O–H groups in total. The van der Waals surface area contributed by atoms with Gasteiger partial charge in [-0.05, 0) is 33.3 Å². The van der Waals surface area contributed by atoms with Crippen LogP contribution in [0.3, 0.4) is 0 Å². The minimum absolute atomic E-state index is 0.0640. The number of rotatable bonds is 7. The first-order valence-electron chi connectivity index (χ1n) is 6.90. The minimum atomic E-state index is 0.0640. The van der Waals surface area contributed by atoms with Crippen LogP contribution in [-0.4, -0.2) is 43.8 Å². The summed E-state index contributed by atoms with van der Waals surface area (Å²) >= 11 is 4.68. The van der Waals surface area contributed by atoms with Gasteiger partial charge in [0.1, 0.15) is 0 Å². The molecule has 3 rings (SSSR count). The maximum Gasteiger partial charge on any atom is 0.233 e. The van der Waals surface area contributed by atoms with Gasteiger partial charge < -0.3 is 4.90 Å². The third-order valence-electron chi connectivity index (χ3n) is 3.11. The lowest BCUT2D eigenvalue weighted by Gasteiger charge is -2.15. The van der Waals surface area contributed by atoms with Crippen LogP contribution >= 0.6 is 34.4 Å². The van der Waals surface area contributed by atoms with Crippen molar-refractivity contribution in [2.45, 2.75) is 18.2 Å². The van der Waals surface area contributed by atoms with E-state index in [1.54, 1.807) is 32.3 Å². The van der Waals surface area contributed by atoms with Crippen molar-refractivity contribution >= 4 is 40.3 Å². The molecule has 9 heteroatoms. The number of aromatic nitrogens is 4. The molecule has 0 bridgehead atoms. The molecule has 0 aliphatic heterocycles. The monoisotopic (exact) mass is 365 g/mol. The Morgan fingerprint density at radius 1 is 1.26 bits per heavy atom. The molecule has 0 radical (unpaired) electrons. The van der Waals surface area contributed by atoms with Crippen molar-refractivity contribution in [3.05, 3.63) is 44.8 Å². The first-order valence-corrected chi connectivity index (χ1v) is 9.64. The molecule has 120 valence electrons. The van der Waals surface area contributed by atoms with Gasteiger partial charge in [0.05, 0.1) is 18.8 Å². The van der Waals surface area contributed by atoms with Crippen LogP contribution in [0.25, 0.3) is 0 Å². The van der Waals surface area contributed by atoms with Crippen LogP contribution in [0.4, 0.5) is 0 Å². The Balaban J connectivity index is 1.54. The van der Waals surface area contributed by atoms with Crippen LogP contribution in [0.1, 0.15) is 9.75 Å². The van der Waals surface area contributed by atoms with Crippen LogP contribution in [0.15, 0.2) is 40.2 Å². The third kappa shape index (κ3) is 4.40. The summed E-state index contributed by atoms with van der Waals surface area (Å²) < 4.78 is 1.73. The number of hydrogen-bond donors (Lipinski definition) is 0. The molecule has 6 nitrogen and oxygen atoms in total. The summed E-state index contributed by atoms with van der Waals surface area (Å²) in [6.45, 7) is 1.27. The molecule has 1 amide bonds. The first-order chi connectivity index (χ1) is 11.2. The van der Waals surface area contributed by atoms with Gasteiger partial charge in [-0.15, -0.1) is 27.8 Å². The van der Waals surface area contributed by atoms with E-state index in [4.69, 9.17) is 0 Å². The third-order valence-corrected chi connectivity index (χ3v) is 5.77. The predicted octanol–water partition coefficient (Wildman–Crippen LogP) is 2.60. The summed E-state index contributed by atoms with van der Waals surface area (Å²) in [7, 11) is 1.82. The van der Waals surface area contributed by atoms with Crippen molar-refractivity contribution in [3.8, 4) is 0 Å². The maximum absolute atomic E-state index is 12.2. The molecule has 0 aromatic carbocycles. The minimum Gasteiger partial charge on any atom is -0.340 e. The molecule has 0 fully saturated rings. The molecule has 3 aromatic rings. The quantitative estimate of drug-likeness (QED) is 0.602. The molecule has 0 atom stereocenters. The van der Waals surface area contributed by atoms with E-state index in [0.717, 1.165) is 0 Å². The zero-order valence-electron chi connectivity index (χ0n) is 12.5. The second-order valence-electron chi connectivity index (χ2n) is 4.82. The van der Waals surface area contributed by atoms with Crippen molar-refractivity contribution in [3.63, 3.8) is 0 Å². The van der Waals surface area contributed by atoms with Gasteiger partial charge in [-0.25, -0.2) is 4.68 Å². The highest BCUT2D eigenvalue weighted by Crippen LogP contribution is 2.18. The Kier molecular flexibility index (Phi) is 5.42. The standard InChI is InChI=1S/C14H15N5OS3/c1-18(8-11-4-2-6-21-11)13(20)10-23-14-15-16-17-19(14)9-12-5-3-7-22-12/h2-7H,8-10H2,1H3. The molecule has 0 spiro atoms. The summed E-state index contributed by atoms with van der Waals surface area (Å²) in [5.74, 6) is 0.390. The largest absolute Gasteiger partial charge is 0.340 e. The van der Waals surface area contributed by atoms with Crippen LogP contribution in [0, 0.1) is 0 Å². The number of carbonyl (C=O) groups excluding carboxylic acids is 1. The van der Waals surface area contributed by atoms with Gasteiger partial charge in [-0.2, -0.15) is 0 Å². The van der Waals surface area contributed by atoms with Crippen LogP contribution in [0.5, 0.6) is 0 Å². The second-order valence-corrected chi connectivity index (χ2v) is 7.82. The van der Waals surface area contributed by atoms with Crippen LogP contribution in [0.2, 0.25) is 0 Å². The van der Waals surface area contributed by atoms with Gasteiger partial charge in [0.15, 0.2) is 0 Å². The first kappa shape index (κ1) is 16.2. The van der Waals surface area contributed by atoms with E-state index in [1.165, 1.54) is 21.5 Å². The smallest absolute Gasteiger partial charge is 0.233 e. The highest BCUT2D eigenvalue weighted by molar-refractivity contribution is 7.99. The molecule has 0 saturated carbocycles. The summed E-state index contributed by atoms with van der Waals surface area (Å²) in [5, 5.41) is 16.4. The molecular weight excluding hydrogens is 350 g/mol. The lowest BCUT2D eigenvalue weighted by atomic mass is 10.4. The Morgan fingerprint density at radius 3 is 2.70 bits per heavy atom. The number of thiophene rings is 2. The number of thioether (sulfide) groups is 1. The van der Waals surface area contributed by atoms with Crippen molar-refractivity contribution in [1.82, 2.24) is 25.1 Å². The van der Waals surface area contributed by atoms with Gasteiger partial charge in [-0.1, -0.05) is 23.9 Å². The molecule has 0 aliphatic rings. The van der Waals surface area contributed by atoms with Crippen molar-refractivity contribution in [2.75, 3.05) is 12.8 Å². The zero-order chi connectivity index (χ0) is 16.1. The average molecular weight is 366 g/mol. The topological polar surface area (TPSA) is 63.9 Å². The van der Waals surface area contributed by atoms with Gasteiger partial charge in [-0.3, -0.25) is 4.79 Å². The van der Waals surface area contributed by atoms with Gasteiger partial charge in [0.2, 0.25) is 11.1 Å². The highest BCUT2D eigenvalue weighted by Gasteiger charge is 2.14. The zero-order valence-corrected chi connectivity index (χ0v) is 14.9. The van der Waals surface area contributed by atoms with E-state index in [1.807, 2.05) is 42.1 Å². The lowest BCUT2D eigenvalue weighted by molar-refractivity contribution is -0.127. The molecular formula is C14H15N5OS3. The van der Waals surface area contributed by atoms with Gasteiger partial charge in [0, 0.05) is 16.8 Å². The van der Waals surface area contributed by atoms with Gasteiger partial charge in [0.25, 0.3) is 0 Å². The van der Waals surface area contributed by atoms with E-state index < -0.39 is 0 Å². The number of hydrogen-bond acceptors (Lipinski definition) is 7. The highest BCUT2D eigenvalue weighted by atomic mass is 32.2. The molecule has 0 saturated heterocycles. The molecule has 0 unspecified atom stereocenters. The molecule has 3 heterocycles. The maximum atomic E-state index is 12.2. The fourth-order valence-electron chi connectivity index (χ4n) is 1.91. The van der Waals surface area contributed by atoms with E-state index in [-0.39, 0.29) is 5.91 Å². The Labute approximate surface area is 146 Å². The molecule has 3 aromatic heterocycles. The molecule has 23 heavy (non-hydrogen) atoms. The number of carbonyl (C=O) groups is 1. The average Bonchev–Trinajstić information content (AvgIpc) is 3.28. The van der Waals surface area contributed by atoms with Crippen LogP contribution < -0.4 is 0 Å². The summed E-state index contributed by atoms with van der Waals surface area (Å²) in [6, 6.07) is 8.07. The van der Waals surface area contributed by atoms with Crippen LogP contribution in [-0.2, 0) is 17.9 Å². The number of nitrogens with zero attached hydrogens (tertiary/aromatic N) is 5. The Hall–Kier alpha value is -1.71. The SMILES string of the molecule is CN(Cc1cccs1)C(=O)CSc1nnnn1Cc1cccs1. The lowest BCUT2D eigenvalue weighted by Crippen LogP contribution is -2.27. The van der Waals surface area contributed by atoms with E-state index >= 15 is 0 Å². The van der Waals surface area contributed by atoms with Crippen molar-refractivity contribution < 1.29 is 4.79 Å².